The first kappa shape index (κ1) is 19.6. The van der Waals surface area contributed by atoms with Gasteiger partial charge in [0.25, 0.3) is 5.91 Å². The second-order valence-corrected chi connectivity index (χ2v) is 7.15. The van der Waals surface area contributed by atoms with Gasteiger partial charge in [0, 0.05) is 17.7 Å². The van der Waals surface area contributed by atoms with Crippen LogP contribution in [0.1, 0.15) is 49.4 Å². The minimum atomic E-state index is -1.09. The maximum Gasteiger partial charge on any atom is 0.329 e. The summed E-state index contributed by atoms with van der Waals surface area (Å²) in [6.07, 6.45) is 3.31. The van der Waals surface area contributed by atoms with Gasteiger partial charge in [0.1, 0.15) is 5.54 Å². The number of unbranched alkanes of at least 4 members (excludes halogenated alkanes) is 1. The van der Waals surface area contributed by atoms with Crippen molar-refractivity contribution in [1.29, 1.82) is 0 Å². The number of hydrogen-bond acceptors (Lipinski definition) is 3. The van der Waals surface area contributed by atoms with Crippen LogP contribution >= 0.6 is 0 Å². The van der Waals surface area contributed by atoms with Crippen molar-refractivity contribution in [2.75, 3.05) is 5.32 Å². The molecule has 146 valence electrons. The predicted octanol–water partition coefficient (Wildman–Crippen LogP) is 3.83. The average Bonchev–Trinajstić information content (AvgIpc) is 3.48. The van der Waals surface area contributed by atoms with Gasteiger partial charge in [-0.2, -0.15) is 0 Å². The van der Waals surface area contributed by atoms with Crippen LogP contribution in [0.25, 0.3) is 11.1 Å². The van der Waals surface area contributed by atoms with Crippen LogP contribution in [0, 0.1) is 0 Å². The molecule has 1 saturated carbocycles. The SMILES string of the molecule is CCCCC(=O)Nc1ccc(-c2ccc(C(=O)NC3(C(=O)O)CC3)cc2)cc1. The summed E-state index contributed by atoms with van der Waals surface area (Å²) in [5.41, 5.74) is 1.98. The van der Waals surface area contributed by atoms with Crippen molar-refractivity contribution in [3.63, 3.8) is 0 Å². The van der Waals surface area contributed by atoms with Crippen LogP contribution in [-0.4, -0.2) is 28.4 Å². The first-order valence-corrected chi connectivity index (χ1v) is 9.50. The van der Waals surface area contributed by atoms with Gasteiger partial charge in [0.2, 0.25) is 5.91 Å². The van der Waals surface area contributed by atoms with Crippen molar-refractivity contribution >= 4 is 23.5 Å². The number of anilines is 1. The Morgan fingerprint density at radius 1 is 0.964 bits per heavy atom. The summed E-state index contributed by atoms with van der Waals surface area (Å²) < 4.78 is 0. The van der Waals surface area contributed by atoms with Gasteiger partial charge in [-0.3, -0.25) is 9.59 Å². The van der Waals surface area contributed by atoms with Crippen LogP contribution in [0.15, 0.2) is 48.5 Å². The van der Waals surface area contributed by atoms with Crippen LogP contribution in [0.3, 0.4) is 0 Å². The Hall–Kier alpha value is -3.15. The van der Waals surface area contributed by atoms with Crippen LogP contribution in [0.4, 0.5) is 5.69 Å². The molecule has 1 aliphatic rings. The number of hydrogen-bond donors (Lipinski definition) is 3. The Morgan fingerprint density at radius 2 is 1.54 bits per heavy atom. The lowest BCUT2D eigenvalue weighted by Crippen LogP contribution is -2.43. The predicted molar refractivity (Wildman–Crippen MR) is 107 cm³/mol. The lowest BCUT2D eigenvalue weighted by molar-refractivity contribution is -0.140. The number of nitrogens with one attached hydrogen (secondary N) is 2. The summed E-state index contributed by atoms with van der Waals surface area (Å²) in [5, 5.41) is 14.7. The molecule has 1 aliphatic carbocycles. The number of carbonyl (C=O) groups is 3. The Balaban J connectivity index is 1.62. The van der Waals surface area contributed by atoms with Crippen molar-refractivity contribution in [3.05, 3.63) is 54.1 Å². The average molecular weight is 380 g/mol. The molecule has 6 heteroatoms. The van der Waals surface area contributed by atoms with Crippen LogP contribution < -0.4 is 10.6 Å². The molecule has 2 amide bonds. The molecule has 3 rings (SSSR count). The van der Waals surface area contributed by atoms with Crippen LogP contribution in [0.2, 0.25) is 0 Å². The zero-order valence-electron chi connectivity index (χ0n) is 15.8. The number of carbonyl (C=O) groups excluding carboxylic acids is 2. The van der Waals surface area contributed by atoms with Crippen molar-refractivity contribution in [3.8, 4) is 11.1 Å². The molecule has 0 radical (unpaired) electrons. The minimum absolute atomic E-state index is 0.0137. The van der Waals surface area contributed by atoms with E-state index >= 15 is 0 Å². The van der Waals surface area contributed by atoms with Crippen LogP contribution in [0.5, 0.6) is 0 Å². The zero-order chi connectivity index (χ0) is 20.1. The van der Waals surface area contributed by atoms with E-state index in [1.165, 1.54) is 0 Å². The van der Waals surface area contributed by atoms with E-state index in [1.807, 2.05) is 43.3 Å². The van der Waals surface area contributed by atoms with E-state index in [2.05, 4.69) is 10.6 Å². The third-order valence-electron chi connectivity index (χ3n) is 4.92. The molecule has 0 aromatic heterocycles. The monoisotopic (exact) mass is 380 g/mol. The second-order valence-electron chi connectivity index (χ2n) is 7.15. The lowest BCUT2D eigenvalue weighted by Gasteiger charge is -2.12. The molecular formula is C22H24N2O4. The standard InChI is InChI=1S/C22H24N2O4/c1-2-3-4-19(25)23-18-11-9-16(10-12-18)15-5-7-17(8-6-15)20(26)24-22(13-14-22)21(27)28/h5-12H,2-4,13-14H2,1H3,(H,23,25)(H,24,26)(H,27,28). The highest BCUT2D eigenvalue weighted by Crippen LogP contribution is 2.35. The maximum absolute atomic E-state index is 12.3. The molecule has 0 atom stereocenters. The highest BCUT2D eigenvalue weighted by molar-refractivity contribution is 5.99. The van der Waals surface area contributed by atoms with Crippen molar-refractivity contribution in [1.82, 2.24) is 5.32 Å². The molecule has 0 spiro atoms. The quantitative estimate of drug-likeness (QED) is 0.648. The summed E-state index contributed by atoms with van der Waals surface area (Å²) in [6.45, 7) is 2.05. The number of rotatable bonds is 8. The lowest BCUT2D eigenvalue weighted by atomic mass is 10.0. The van der Waals surface area contributed by atoms with Crippen molar-refractivity contribution in [2.24, 2.45) is 0 Å². The Kier molecular flexibility index (Phi) is 5.78. The Labute approximate surface area is 164 Å². The summed E-state index contributed by atoms with van der Waals surface area (Å²) >= 11 is 0. The molecule has 0 aliphatic heterocycles. The van der Waals surface area contributed by atoms with Gasteiger partial charge >= 0.3 is 5.97 Å². The first-order chi connectivity index (χ1) is 13.4. The number of carboxylic acid groups (broad SMARTS) is 1. The van der Waals surface area contributed by atoms with Gasteiger partial charge in [-0.05, 0) is 54.7 Å². The van der Waals surface area contributed by atoms with Crippen molar-refractivity contribution in [2.45, 2.75) is 44.6 Å². The minimum Gasteiger partial charge on any atom is -0.480 e. The van der Waals surface area contributed by atoms with Crippen LogP contribution in [-0.2, 0) is 9.59 Å². The fourth-order valence-electron chi connectivity index (χ4n) is 2.93. The second kappa shape index (κ2) is 8.25. The van der Waals surface area contributed by atoms with Gasteiger partial charge in [0.15, 0.2) is 0 Å². The highest BCUT2D eigenvalue weighted by atomic mass is 16.4. The van der Waals surface area contributed by atoms with Crippen molar-refractivity contribution < 1.29 is 19.5 Å². The van der Waals surface area contributed by atoms with Gasteiger partial charge in [-0.15, -0.1) is 0 Å². The summed E-state index contributed by atoms with van der Waals surface area (Å²) in [7, 11) is 0. The summed E-state index contributed by atoms with van der Waals surface area (Å²) in [4.78, 5) is 35.2. The first-order valence-electron chi connectivity index (χ1n) is 9.50. The zero-order valence-corrected chi connectivity index (χ0v) is 15.8. The molecule has 1 fully saturated rings. The number of benzene rings is 2. The van der Waals surface area contributed by atoms with E-state index in [1.54, 1.807) is 12.1 Å². The molecule has 6 nitrogen and oxygen atoms in total. The fraction of sp³-hybridized carbons (Fsp3) is 0.318. The highest BCUT2D eigenvalue weighted by Gasteiger charge is 2.51. The third kappa shape index (κ3) is 4.57. The van der Waals surface area contributed by atoms with E-state index in [0.29, 0.717) is 24.8 Å². The van der Waals surface area contributed by atoms with Gasteiger partial charge < -0.3 is 15.7 Å². The molecule has 2 aromatic rings. The number of carboxylic acids is 1. The smallest absolute Gasteiger partial charge is 0.329 e. The Morgan fingerprint density at radius 3 is 2.04 bits per heavy atom. The number of aliphatic carboxylic acids is 1. The third-order valence-corrected chi connectivity index (χ3v) is 4.92. The number of amides is 2. The molecule has 2 aromatic carbocycles. The summed E-state index contributed by atoms with van der Waals surface area (Å²) in [5.74, 6) is -1.35. The maximum atomic E-state index is 12.3. The van der Waals surface area contributed by atoms with E-state index in [-0.39, 0.29) is 11.8 Å². The topological polar surface area (TPSA) is 95.5 Å². The van der Waals surface area contributed by atoms with Gasteiger partial charge in [-0.25, -0.2) is 4.79 Å². The van der Waals surface area contributed by atoms with E-state index in [0.717, 1.165) is 29.7 Å². The van der Waals surface area contributed by atoms with E-state index in [9.17, 15) is 19.5 Å². The van der Waals surface area contributed by atoms with E-state index in [4.69, 9.17) is 0 Å². The largest absolute Gasteiger partial charge is 0.480 e. The van der Waals surface area contributed by atoms with Gasteiger partial charge in [0.05, 0.1) is 0 Å². The summed E-state index contributed by atoms with van der Waals surface area (Å²) in [6, 6.07) is 14.5. The molecule has 0 saturated heterocycles. The normalized spacial score (nSPS) is 14.2. The molecule has 0 unspecified atom stereocenters. The Bertz CT molecular complexity index is 868. The van der Waals surface area contributed by atoms with E-state index < -0.39 is 11.5 Å². The fourth-order valence-corrected chi connectivity index (χ4v) is 2.93. The molecule has 0 bridgehead atoms. The molecule has 28 heavy (non-hydrogen) atoms. The van der Waals surface area contributed by atoms with Gasteiger partial charge in [-0.1, -0.05) is 37.6 Å². The molecule has 3 N–H and O–H groups in total. The molecule has 0 heterocycles. The molecular weight excluding hydrogens is 356 g/mol.